The van der Waals surface area contributed by atoms with Crippen LogP contribution in [-0.4, -0.2) is 61.9 Å². The predicted molar refractivity (Wildman–Crippen MR) is 121 cm³/mol. The number of hydrogen-bond donors (Lipinski definition) is 3. The first-order chi connectivity index (χ1) is 14.1. The second kappa shape index (κ2) is 19.9. The molecule has 0 unspecified atom stereocenters. The summed E-state index contributed by atoms with van der Waals surface area (Å²) < 4.78 is 0. The highest BCUT2D eigenvalue weighted by Crippen LogP contribution is 2.08. The van der Waals surface area contributed by atoms with Gasteiger partial charge in [-0.1, -0.05) is 51.9 Å². The van der Waals surface area contributed by atoms with Crippen molar-refractivity contribution in [1.82, 2.24) is 15.5 Å². The third kappa shape index (κ3) is 15.1. The highest BCUT2D eigenvalue weighted by molar-refractivity contribution is 5.98. The SMILES string of the molecule is CCCCCCCCN(CCCCCCO)CCCN/C(C(C)=O)=C(/C=O)NC. The highest BCUT2D eigenvalue weighted by Gasteiger charge is 2.10. The molecule has 0 aliphatic carbocycles. The Morgan fingerprint density at radius 3 is 1.97 bits per heavy atom. The van der Waals surface area contributed by atoms with Crippen LogP contribution in [0.1, 0.15) is 84.5 Å². The third-order valence-electron chi connectivity index (χ3n) is 5.17. The van der Waals surface area contributed by atoms with Crippen LogP contribution in [0.2, 0.25) is 0 Å². The first-order valence-electron chi connectivity index (χ1n) is 11.6. The summed E-state index contributed by atoms with van der Waals surface area (Å²) in [7, 11) is 1.65. The van der Waals surface area contributed by atoms with Gasteiger partial charge in [0, 0.05) is 27.1 Å². The Hall–Kier alpha value is -1.40. The Morgan fingerprint density at radius 1 is 0.897 bits per heavy atom. The van der Waals surface area contributed by atoms with Crippen LogP contribution in [0.15, 0.2) is 11.4 Å². The lowest BCUT2D eigenvalue weighted by Crippen LogP contribution is -2.31. The number of unbranched alkanes of at least 4 members (excludes halogenated alkanes) is 8. The van der Waals surface area contributed by atoms with Crippen molar-refractivity contribution in [3.63, 3.8) is 0 Å². The number of aldehydes is 1. The molecule has 0 aliphatic heterocycles. The van der Waals surface area contributed by atoms with Gasteiger partial charge in [-0.3, -0.25) is 9.59 Å². The molecule has 0 heterocycles. The van der Waals surface area contributed by atoms with Crippen molar-refractivity contribution in [3.8, 4) is 0 Å². The number of carbonyl (C=O) groups excluding carboxylic acids is 2. The fraction of sp³-hybridized carbons (Fsp3) is 0.826. The molecule has 29 heavy (non-hydrogen) atoms. The fourth-order valence-electron chi connectivity index (χ4n) is 3.42. The maximum absolute atomic E-state index is 11.8. The van der Waals surface area contributed by atoms with Gasteiger partial charge in [0.15, 0.2) is 12.1 Å². The zero-order valence-electron chi connectivity index (χ0n) is 19.1. The first-order valence-corrected chi connectivity index (χ1v) is 11.6. The third-order valence-corrected chi connectivity index (χ3v) is 5.17. The summed E-state index contributed by atoms with van der Waals surface area (Å²) in [5.41, 5.74) is 0.680. The van der Waals surface area contributed by atoms with Crippen LogP contribution in [0.25, 0.3) is 0 Å². The molecule has 0 atom stereocenters. The summed E-state index contributed by atoms with van der Waals surface area (Å²) in [6.07, 6.45) is 13.7. The zero-order chi connectivity index (χ0) is 21.7. The fourth-order valence-corrected chi connectivity index (χ4v) is 3.42. The molecule has 170 valence electrons. The summed E-state index contributed by atoms with van der Waals surface area (Å²) in [5, 5.41) is 14.8. The predicted octanol–water partition coefficient (Wildman–Crippen LogP) is 3.40. The number of carbonyl (C=O) groups is 2. The van der Waals surface area contributed by atoms with Crippen LogP contribution < -0.4 is 10.6 Å². The summed E-state index contributed by atoms with van der Waals surface area (Å²) >= 11 is 0. The number of ketones is 1. The van der Waals surface area contributed by atoms with Gasteiger partial charge in [-0.2, -0.15) is 0 Å². The monoisotopic (exact) mass is 411 g/mol. The van der Waals surface area contributed by atoms with Gasteiger partial charge in [-0.15, -0.1) is 0 Å². The van der Waals surface area contributed by atoms with Crippen molar-refractivity contribution in [3.05, 3.63) is 11.4 Å². The van der Waals surface area contributed by atoms with E-state index in [2.05, 4.69) is 22.5 Å². The van der Waals surface area contributed by atoms with Crippen molar-refractivity contribution in [1.29, 1.82) is 0 Å². The van der Waals surface area contributed by atoms with E-state index in [1.165, 1.54) is 45.4 Å². The van der Waals surface area contributed by atoms with Crippen molar-refractivity contribution in [2.45, 2.75) is 84.5 Å². The minimum Gasteiger partial charge on any atom is -0.396 e. The van der Waals surface area contributed by atoms with Gasteiger partial charge in [0.05, 0.1) is 0 Å². The van der Waals surface area contributed by atoms with E-state index in [4.69, 9.17) is 5.11 Å². The number of rotatable bonds is 21. The Kier molecular flexibility index (Phi) is 18.9. The molecule has 0 aromatic rings. The molecule has 0 rings (SSSR count). The Bertz CT molecular complexity index is 453. The second-order valence-corrected chi connectivity index (χ2v) is 7.74. The number of nitrogens with one attached hydrogen (secondary N) is 2. The molecule has 0 bridgehead atoms. The van der Waals surface area contributed by atoms with Gasteiger partial charge < -0.3 is 20.6 Å². The van der Waals surface area contributed by atoms with Crippen LogP contribution in [0, 0.1) is 0 Å². The molecular formula is C23H45N3O3. The van der Waals surface area contributed by atoms with Gasteiger partial charge in [0.1, 0.15) is 11.4 Å². The van der Waals surface area contributed by atoms with Crippen molar-refractivity contribution < 1.29 is 14.7 Å². The number of allylic oxidation sites excluding steroid dienone is 2. The standard InChI is InChI=1S/C23H45N3O3/c1-4-5-6-7-8-11-16-26(17-12-9-10-13-19-27)18-14-15-25-23(21(2)29)22(20-28)24-3/h20,24-25,27H,4-19H2,1-3H3/b23-22-. The van der Waals surface area contributed by atoms with Gasteiger partial charge in [0.25, 0.3) is 0 Å². The van der Waals surface area contributed by atoms with Gasteiger partial charge in [0.2, 0.25) is 0 Å². The molecule has 0 fully saturated rings. The van der Waals surface area contributed by atoms with Gasteiger partial charge >= 0.3 is 0 Å². The van der Waals surface area contributed by atoms with E-state index in [9.17, 15) is 9.59 Å². The largest absolute Gasteiger partial charge is 0.396 e. The molecule has 0 saturated heterocycles. The average Bonchev–Trinajstić information content (AvgIpc) is 2.71. The van der Waals surface area contributed by atoms with Crippen LogP contribution >= 0.6 is 0 Å². The quantitative estimate of drug-likeness (QED) is 0.153. The lowest BCUT2D eigenvalue weighted by Gasteiger charge is -2.23. The van der Waals surface area contributed by atoms with E-state index in [0.717, 1.165) is 51.7 Å². The summed E-state index contributed by atoms with van der Waals surface area (Å²) in [4.78, 5) is 25.4. The van der Waals surface area contributed by atoms with E-state index in [0.29, 0.717) is 24.2 Å². The minimum atomic E-state index is -0.130. The average molecular weight is 412 g/mol. The number of Topliss-reactive ketones (excluding diaryl/α,β-unsaturated/α-hetero) is 1. The van der Waals surface area contributed by atoms with Crippen molar-refractivity contribution in [2.24, 2.45) is 0 Å². The van der Waals surface area contributed by atoms with Crippen LogP contribution in [0.3, 0.4) is 0 Å². The lowest BCUT2D eigenvalue weighted by atomic mass is 10.1. The van der Waals surface area contributed by atoms with E-state index >= 15 is 0 Å². The Morgan fingerprint density at radius 2 is 1.45 bits per heavy atom. The topological polar surface area (TPSA) is 81.7 Å². The summed E-state index contributed by atoms with van der Waals surface area (Å²) in [5.74, 6) is -0.130. The van der Waals surface area contributed by atoms with E-state index in [-0.39, 0.29) is 12.4 Å². The molecule has 3 N–H and O–H groups in total. The molecule has 0 saturated carbocycles. The number of likely N-dealkylation sites (N-methyl/N-ethyl adjacent to an activating group) is 1. The first kappa shape index (κ1) is 27.6. The van der Waals surface area contributed by atoms with Crippen LogP contribution in [0.4, 0.5) is 0 Å². The van der Waals surface area contributed by atoms with Crippen LogP contribution in [-0.2, 0) is 9.59 Å². The Balaban J connectivity index is 4.36. The number of hydrogen-bond acceptors (Lipinski definition) is 6. The summed E-state index contributed by atoms with van der Waals surface area (Å²) in [6.45, 7) is 7.88. The molecule has 0 amide bonds. The number of nitrogens with zero attached hydrogens (tertiary/aromatic N) is 1. The maximum Gasteiger partial charge on any atom is 0.177 e. The minimum absolute atomic E-state index is 0.130. The zero-order valence-corrected chi connectivity index (χ0v) is 19.1. The molecule has 0 radical (unpaired) electrons. The molecule has 0 spiro atoms. The normalized spacial score (nSPS) is 12.0. The lowest BCUT2D eigenvalue weighted by molar-refractivity contribution is -0.114. The van der Waals surface area contributed by atoms with Crippen LogP contribution in [0.5, 0.6) is 0 Å². The molecular weight excluding hydrogens is 366 g/mol. The van der Waals surface area contributed by atoms with E-state index in [1.807, 2.05) is 0 Å². The molecule has 0 aromatic heterocycles. The van der Waals surface area contributed by atoms with Gasteiger partial charge in [-0.25, -0.2) is 0 Å². The molecule has 0 aliphatic rings. The maximum atomic E-state index is 11.8. The highest BCUT2D eigenvalue weighted by atomic mass is 16.2. The molecule has 6 nitrogen and oxygen atoms in total. The molecule has 0 aromatic carbocycles. The number of aliphatic hydroxyl groups is 1. The smallest absolute Gasteiger partial charge is 0.177 e. The van der Waals surface area contributed by atoms with Crippen molar-refractivity contribution in [2.75, 3.05) is 39.8 Å². The molecule has 6 heteroatoms. The van der Waals surface area contributed by atoms with Crippen molar-refractivity contribution >= 4 is 12.1 Å². The second-order valence-electron chi connectivity index (χ2n) is 7.74. The Labute approximate surface area is 178 Å². The van der Waals surface area contributed by atoms with Gasteiger partial charge in [-0.05, 0) is 45.3 Å². The summed E-state index contributed by atoms with van der Waals surface area (Å²) in [6, 6.07) is 0. The number of aliphatic hydroxyl groups excluding tert-OH is 1. The van der Waals surface area contributed by atoms with E-state index in [1.54, 1.807) is 7.05 Å². The van der Waals surface area contributed by atoms with E-state index < -0.39 is 0 Å².